The lowest BCUT2D eigenvalue weighted by Crippen LogP contribution is -2.52. The van der Waals surface area contributed by atoms with Crippen molar-refractivity contribution in [3.05, 3.63) is 34.4 Å². The maximum Gasteiger partial charge on any atom is 0.321 e. The zero-order valence-electron chi connectivity index (χ0n) is 14.5. The number of Topliss-reactive ketones (excluding diaryl/α,β-unsaturated/α-hetero) is 1. The molecule has 4 nitrogen and oxygen atoms in total. The molecule has 0 bridgehead atoms. The molecule has 0 aliphatic carbocycles. The van der Waals surface area contributed by atoms with E-state index in [0.717, 1.165) is 35.3 Å². The molecule has 4 heteroatoms. The van der Waals surface area contributed by atoms with Crippen LogP contribution >= 0.6 is 0 Å². The number of benzene rings is 1. The van der Waals surface area contributed by atoms with Crippen LogP contribution in [0.1, 0.15) is 54.4 Å². The number of aryl methyl sites for hydroxylation is 2. The van der Waals surface area contributed by atoms with Crippen molar-refractivity contribution in [1.82, 2.24) is 5.32 Å². The minimum Gasteiger partial charge on any atom is -0.458 e. The summed E-state index contributed by atoms with van der Waals surface area (Å²) in [6.45, 7) is 7.22. The predicted molar refractivity (Wildman–Crippen MR) is 91.8 cm³/mol. The maximum absolute atomic E-state index is 12.8. The SMILES string of the molecule is CC#Cc1cc(C)c(C2C(=O)CC3(CCNCC3)OC2=O)c(C)c1. The van der Waals surface area contributed by atoms with E-state index in [1.54, 1.807) is 6.92 Å². The smallest absolute Gasteiger partial charge is 0.321 e. The molecule has 2 aliphatic heterocycles. The van der Waals surface area contributed by atoms with E-state index in [1.165, 1.54) is 0 Å². The summed E-state index contributed by atoms with van der Waals surface area (Å²) < 4.78 is 5.81. The molecule has 1 aromatic rings. The van der Waals surface area contributed by atoms with Gasteiger partial charge in [-0.05, 0) is 62.7 Å². The van der Waals surface area contributed by atoms with Gasteiger partial charge in [-0.3, -0.25) is 9.59 Å². The molecule has 126 valence electrons. The van der Waals surface area contributed by atoms with E-state index >= 15 is 0 Å². The lowest BCUT2D eigenvalue weighted by molar-refractivity contribution is -0.176. The molecule has 3 rings (SSSR count). The molecule has 0 saturated carbocycles. The van der Waals surface area contributed by atoms with Crippen molar-refractivity contribution in [2.24, 2.45) is 0 Å². The fourth-order valence-electron chi connectivity index (χ4n) is 3.95. The summed E-state index contributed by atoms with van der Waals surface area (Å²) >= 11 is 0. The van der Waals surface area contributed by atoms with Crippen molar-refractivity contribution in [3.8, 4) is 11.8 Å². The van der Waals surface area contributed by atoms with Crippen LogP contribution in [0.3, 0.4) is 0 Å². The molecule has 1 atom stereocenters. The summed E-state index contributed by atoms with van der Waals surface area (Å²) in [5.41, 5.74) is 2.94. The van der Waals surface area contributed by atoms with E-state index in [9.17, 15) is 9.59 Å². The standard InChI is InChI=1S/C20H23NO3/c1-4-5-15-10-13(2)17(14(3)11-15)18-16(22)12-20(24-19(18)23)6-8-21-9-7-20/h10-11,18,21H,6-9,12H2,1-3H3. The first-order valence-electron chi connectivity index (χ1n) is 8.46. The summed E-state index contributed by atoms with van der Waals surface area (Å²) in [6.07, 6.45) is 1.74. The van der Waals surface area contributed by atoms with Gasteiger partial charge in [-0.15, -0.1) is 5.92 Å². The van der Waals surface area contributed by atoms with Gasteiger partial charge >= 0.3 is 5.97 Å². The maximum atomic E-state index is 12.8. The zero-order valence-corrected chi connectivity index (χ0v) is 14.5. The monoisotopic (exact) mass is 325 g/mol. The van der Waals surface area contributed by atoms with Crippen molar-refractivity contribution in [2.75, 3.05) is 13.1 Å². The van der Waals surface area contributed by atoms with Crippen LogP contribution in [0, 0.1) is 25.7 Å². The summed E-state index contributed by atoms with van der Waals surface area (Å²) in [6, 6.07) is 3.88. The Morgan fingerprint density at radius 1 is 1.17 bits per heavy atom. The number of carbonyl (C=O) groups is 2. The van der Waals surface area contributed by atoms with Crippen molar-refractivity contribution in [3.63, 3.8) is 0 Å². The second-order valence-corrected chi connectivity index (χ2v) is 6.83. The third kappa shape index (κ3) is 2.97. The number of rotatable bonds is 1. The normalized spacial score (nSPS) is 22.7. The van der Waals surface area contributed by atoms with Crippen LogP contribution in [0.4, 0.5) is 0 Å². The molecule has 2 fully saturated rings. The van der Waals surface area contributed by atoms with Gasteiger partial charge in [0.25, 0.3) is 0 Å². The highest BCUT2D eigenvalue weighted by Gasteiger charge is 2.48. The predicted octanol–water partition coefficient (Wildman–Crippen LogP) is 2.40. The van der Waals surface area contributed by atoms with Crippen molar-refractivity contribution in [2.45, 2.75) is 51.6 Å². The van der Waals surface area contributed by atoms with Gasteiger partial charge in [-0.2, -0.15) is 0 Å². The van der Waals surface area contributed by atoms with Gasteiger partial charge in [0.2, 0.25) is 0 Å². The van der Waals surface area contributed by atoms with E-state index in [4.69, 9.17) is 4.74 Å². The van der Waals surface area contributed by atoms with Gasteiger partial charge in [0.05, 0.1) is 0 Å². The van der Waals surface area contributed by atoms with Crippen LogP contribution in [-0.2, 0) is 14.3 Å². The second kappa shape index (κ2) is 6.41. The van der Waals surface area contributed by atoms with Crippen LogP contribution < -0.4 is 5.32 Å². The Morgan fingerprint density at radius 2 is 1.79 bits per heavy atom. The number of ketones is 1. The Hall–Kier alpha value is -2.12. The van der Waals surface area contributed by atoms with Gasteiger partial charge in [0.1, 0.15) is 11.5 Å². The summed E-state index contributed by atoms with van der Waals surface area (Å²) in [7, 11) is 0. The van der Waals surface area contributed by atoms with Crippen LogP contribution in [0.15, 0.2) is 12.1 Å². The molecule has 2 heterocycles. The fraction of sp³-hybridized carbons (Fsp3) is 0.500. The van der Waals surface area contributed by atoms with Crippen LogP contribution in [0.25, 0.3) is 0 Å². The van der Waals surface area contributed by atoms with Gasteiger partial charge < -0.3 is 10.1 Å². The molecule has 1 aromatic carbocycles. The summed E-state index contributed by atoms with van der Waals surface area (Å²) in [4.78, 5) is 25.5. The largest absolute Gasteiger partial charge is 0.458 e. The lowest BCUT2D eigenvalue weighted by atomic mass is 9.77. The lowest BCUT2D eigenvalue weighted by Gasteiger charge is -2.41. The van der Waals surface area contributed by atoms with E-state index in [-0.39, 0.29) is 5.78 Å². The topological polar surface area (TPSA) is 55.4 Å². The Labute approximate surface area is 143 Å². The molecule has 0 radical (unpaired) electrons. The van der Waals surface area contributed by atoms with Crippen molar-refractivity contribution >= 4 is 11.8 Å². The third-order valence-corrected chi connectivity index (χ3v) is 5.04. The van der Waals surface area contributed by atoms with Crippen LogP contribution in [0.2, 0.25) is 0 Å². The zero-order chi connectivity index (χ0) is 17.3. The number of nitrogens with one attached hydrogen (secondary N) is 1. The molecular weight excluding hydrogens is 302 g/mol. The Bertz CT molecular complexity index is 705. The van der Waals surface area contributed by atoms with Crippen LogP contribution in [0.5, 0.6) is 0 Å². The van der Waals surface area contributed by atoms with E-state index in [1.807, 2.05) is 26.0 Å². The molecular formula is C20H23NO3. The number of hydrogen-bond donors (Lipinski definition) is 1. The van der Waals surface area contributed by atoms with E-state index in [0.29, 0.717) is 19.3 Å². The minimum atomic E-state index is -0.797. The first-order chi connectivity index (χ1) is 11.5. The van der Waals surface area contributed by atoms with Crippen molar-refractivity contribution in [1.29, 1.82) is 0 Å². The number of esters is 1. The Kier molecular flexibility index (Phi) is 4.47. The summed E-state index contributed by atoms with van der Waals surface area (Å²) in [5.74, 6) is 4.70. The molecule has 2 aliphatic rings. The van der Waals surface area contributed by atoms with E-state index in [2.05, 4.69) is 17.2 Å². The summed E-state index contributed by atoms with van der Waals surface area (Å²) in [5, 5.41) is 3.25. The molecule has 24 heavy (non-hydrogen) atoms. The Balaban J connectivity index is 1.94. The van der Waals surface area contributed by atoms with Crippen molar-refractivity contribution < 1.29 is 14.3 Å². The quantitative estimate of drug-likeness (QED) is 0.489. The highest BCUT2D eigenvalue weighted by Crippen LogP contribution is 2.39. The fourth-order valence-corrected chi connectivity index (χ4v) is 3.95. The number of hydrogen-bond acceptors (Lipinski definition) is 4. The third-order valence-electron chi connectivity index (χ3n) is 5.04. The first-order valence-corrected chi connectivity index (χ1v) is 8.46. The average molecular weight is 325 g/mol. The molecule has 1 N–H and O–H groups in total. The molecule has 2 saturated heterocycles. The van der Waals surface area contributed by atoms with Gasteiger partial charge in [-0.1, -0.05) is 5.92 Å². The minimum absolute atomic E-state index is 0.0197. The van der Waals surface area contributed by atoms with Gasteiger partial charge in [0.15, 0.2) is 5.78 Å². The first kappa shape index (κ1) is 16.7. The van der Waals surface area contributed by atoms with Gasteiger partial charge in [0, 0.05) is 24.8 Å². The van der Waals surface area contributed by atoms with Crippen LogP contribution in [-0.4, -0.2) is 30.4 Å². The molecule has 1 spiro atoms. The molecule has 0 aromatic heterocycles. The highest BCUT2D eigenvalue weighted by atomic mass is 16.6. The number of piperidine rings is 1. The second-order valence-electron chi connectivity index (χ2n) is 6.83. The molecule has 1 unspecified atom stereocenters. The number of carbonyl (C=O) groups excluding carboxylic acids is 2. The van der Waals surface area contributed by atoms with Gasteiger partial charge in [-0.25, -0.2) is 0 Å². The highest BCUT2D eigenvalue weighted by molar-refractivity contribution is 6.07. The average Bonchev–Trinajstić information content (AvgIpc) is 2.50. The Morgan fingerprint density at radius 3 is 2.33 bits per heavy atom. The van der Waals surface area contributed by atoms with E-state index < -0.39 is 17.5 Å². The number of ether oxygens (including phenoxy) is 1. The molecule has 0 amide bonds.